The molecule has 11 heteroatoms. The number of aliphatic hydroxyl groups is 1. The molecule has 3 aliphatic heterocycles. The average molecular weight is 488 g/mol. The zero-order chi connectivity index (χ0) is 24.7. The lowest BCUT2D eigenvalue weighted by atomic mass is 9.62. The molecule has 0 spiro atoms. The van der Waals surface area contributed by atoms with Gasteiger partial charge in [-0.15, -0.1) is 0 Å². The number of amides is 2. The molecule has 35 heavy (non-hydrogen) atoms. The quantitative estimate of drug-likeness (QED) is 0.384. The summed E-state index contributed by atoms with van der Waals surface area (Å²) in [6.45, 7) is 0.0724. The molecule has 2 amide bonds. The minimum atomic E-state index is -1.24. The smallest absolute Gasteiger partial charge is 0.327 e. The number of esters is 1. The van der Waals surface area contributed by atoms with Crippen LogP contribution in [0.1, 0.15) is 17.5 Å². The molecule has 3 saturated heterocycles. The minimum absolute atomic E-state index is 0.0301. The Hall–Kier alpha value is -2.83. The number of ether oxygens (including phenoxy) is 3. The van der Waals surface area contributed by atoms with Crippen LogP contribution in [0.3, 0.4) is 0 Å². The van der Waals surface area contributed by atoms with Crippen molar-refractivity contribution in [2.45, 2.75) is 43.4 Å². The first-order valence-corrected chi connectivity index (χ1v) is 11.6. The van der Waals surface area contributed by atoms with E-state index in [4.69, 9.17) is 19.0 Å². The predicted octanol–water partition coefficient (Wildman–Crippen LogP) is -0.562. The number of carbonyl (C=O) groups excluding carboxylic acids is 3. The highest BCUT2D eigenvalue weighted by Gasteiger charge is 2.74. The molecule has 0 radical (unpaired) electrons. The fourth-order valence-corrected chi connectivity index (χ4v) is 5.46. The van der Waals surface area contributed by atoms with Gasteiger partial charge in [0.1, 0.15) is 36.6 Å². The van der Waals surface area contributed by atoms with Crippen molar-refractivity contribution in [3.63, 3.8) is 0 Å². The van der Waals surface area contributed by atoms with E-state index in [0.29, 0.717) is 0 Å². The highest BCUT2D eigenvalue weighted by Crippen LogP contribution is 2.55. The zero-order valence-electron chi connectivity index (χ0n) is 19.6. The van der Waals surface area contributed by atoms with Crippen LogP contribution in [0.5, 0.6) is 0 Å². The van der Waals surface area contributed by atoms with Gasteiger partial charge in [-0.25, -0.2) is 0 Å². The van der Waals surface area contributed by atoms with E-state index in [1.165, 1.54) is 16.0 Å². The van der Waals surface area contributed by atoms with Gasteiger partial charge >= 0.3 is 5.97 Å². The number of aliphatic hydroxyl groups excluding tert-OH is 1. The molecule has 3 heterocycles. The van der Waals surface area contributed by atoms with Gasteiger partial charge < -0.3 is 29.5 Å². The topological polar surface area (TPSA) is 127 Å². The second kappa shape index (κ2) is 9.32. The van der Waals surface area contributed by atoms with Crippen LogP contribution in [0.4, 0.5) is 0 Å². The Morgan fingerprint density at radius 2 is 2.09 bits per heavy atom. The molecule has 6 atom stereocenters. The fraction of sp³-hybridized carbons (Fsp3) is 0.542. The summed E-state index contributed by atoms with van der Waals surface area (Å²) in [4.78, 5) is 46.3. The number of nitrogens with one attached hydrogen (secondary N) is 1. The van der Waals surface area contributed by atoms with Gasteiger partial charge in [0.15, 0.2) is 6.04 Å². The summed E-state index contributed by atoms with van der Waals surface area (Å²) in [5.41, 5.74) is 0.396. The molecule has 2 bridgehead atoms. The monoisotopic (exact) mass is 487 g/mol. The number of carbonyl (C=O) groups is 3. The van der Waals surface area contributed by atoms with Gasteiger partial charge in [0.2, 0.25) is 11.8 Å². The minimum Gasteiger partial charge on any atom is -0.458 e. The van der Waals surface area contributed by atoms with Gasteiger partial charge in [-0.3, -0.25) is 19.2 Å². The number of likely N-dealkylation sites (N-methyl/N-ethyl adjacent to an activating group) is 1. The summed E-state index contributed by atoms with van der Waals surface area (Å²) in [6, 6.07) is 6.50. The summed E-state index contributed by atoms with van der Waals surface area (Å²) >= 11 is 0. The highest BCUT2D eigenvalue weighted by atomic mass is 16.8. The summed E-state index contributed by atoms with van der Waals surface area (Å²) in [5.74, 6) is -1.06. The maximum atomic E-state index is 13.5. The first-order valence-electron chi connectivity index (χ1n) is 11.6. The third kappa shape index (κ3) is 4.03. The summed E-state index contributed by atoms with van der Waals surface area (Å²) in [5, 5.41) is 13.5. The van der Waals surface area contributed by atoms with E-state index >= 15 is 0 Å². The largest absolute Gasteiger partial charge is 0.458 e. The molecule has 1 saturated carbocycles. The molecule has 11 nitrogen and oxygen atoms in total. The van der Waals surface area contributed by atoms with Crippen LogP contribution in [0.15, 0.2) is 30.3 Å². The Morgan fingerprint density at radius 3 is 2.86 bits per heavy atom. The van der Waals surface area contributed by atoms with Crippen molar-refractivity contribution in [2.24, 2.45) is 5.41 Å². The van der Waals surface area contributed by atoms with Crippen molar-refractivity contribution in [3.05, 3.63) is 41.5 Å². The Morgan fingerprint density at radius 1 is 1.29 bits per heavy atom. The van der Waals surface area contributed by atoms with E-state index in [1.54, 1.807) is 20.2 Å². The molecule has 1 aromatic rings. The predicted molar refractivity (Wildman–Crippen MR) is 120 cm³/mol. The standard InChI is InChI=1S/C24H29N3O8/c1-26(2)17(29)7-6-14-4-3-5-15(10-14)12-27-20-22(30)34-16-11-24(20,23(31)25-8-9-28)21(35-27)19-18(16)32-13-33-19/h3-7,10,16,18-21,28H,8-9,11-13H2,1-2H3,(H,25,31). The van der Waals surface area contributed by atoms with E-state index < -0.39 is 41.8 Å². The van der Waals surface area contributed by atoms with Crippen molar-refractivity contribution in [3.8, 4) is 0 Å². The summed E-state index contributed by atoms with van der Waals surface area (Å²) < 4.78 is 17.2. The van der Waals surface area contributed by atoms with Crippen LogP contribution in [0.25, 0.3) is 6.08 Å². The fourth-order valence-electron chi connectivity index (χ4n) is 5.46. The van der Waals surface area contributed by atoms with Gasteiger partial charge in [-0.05, 0) is 17.2 Å². The van der Waals surface area contributed by atoms with Crippen molar-refractivity contribution in [1.82, 2.24) is 15.3 Å². The molecular weight excluding hydrogens is 458 g/mol. The first kappa shape index (κ1) is 23.9. The first-order chi connectivity index (χ1) is 16.8. The average Bonchev–Trinajstić information content (AvgIpc) is 3.45. The second-order valence-corrected chi connectivity index (χ2v) is 9.39. The molecule has 0 aromatic heterocycles. The molecule has 4 aliphatic rings. The second-order valence-electron chi connectivity index (χ2n) is 9.39. The van der Waals surface area contributed by atoms with Gasteiger partial charge in [-0.2, -0.15) is 5.06 Å². The van der Waals surface area contributed by atoms with Gasteiger partial charge in [0.05, 0.1) is 13.2 Å². The zero-order valence-corrected chi connectivity index (χ0v) is 19.6. The number of rotatable bonds is 7. The maximum Gasteiger partial charge on any atom is 0.327 e. The lowest BCUT2D eigenvalue weighted by molar-refractivity contribution is -0.201. The number of hydrogen-bond donors (Lipinski definition) is 2. The van der Waals surface area contributed by atoms with Crippen LogP contribution in [-0.4, -0.2) is 97.4 Å². The van der Waals surface area contributed by atoms with E-state index in [9.17, 15) is 19.5 Å². The van der Waals surface area contributed by atoms with Gasteiger partial charge in [-0.1, -0.05) is 24.3 Å². The number of hydroxylamine groups is 2. The molecule has 1 aliphatic carbocycles. The Balaban J connectivity index is 1.45. The molecule has 2 N–H and O–H groups in total. The molecule has 1 aromatic carbocycles. The molecule has 5 rings (SSSR count). The number of hydrogen-bond acceptors (Lipinski definition) is 9. The van der Waals surface area contributed by atoms with Gasteiger partial charge in [0, 0.05) is 33.1 Å². The van der Waals surface area contributed by atoms with Crippen LogP contribution in [-0.2, 0) is 40.0 Å². The molecule has 188 valence electrons. The highest BCUT2D eigenvalue weighted by molar-refractivity contribution is 5.93. The number of fused-ring (bicyclic) bond motifs is 4. The number of nitrogens with zero attached hydrogens (tertiary/aromatic N) is 2. The molecule has 6 unspecified atom stereocenters. The van der Waals surface area contributed by atoms with E-state index in [2.05, 4.69) is 5.32 Å². The van der Waals surface area contributed by atoms with Crippen LogP contribution >= 0.6 is 0 Å². The molecular formula is C24H29N3O8. The molecule has 4 fully saturated rings. The van der Waals surface area contributed by atoms with E-state index in [0.717, 1.165) is 11.1 Å². The van der Waals surface area contributed by atoms with Crippen molar-refractivity contribution in [2.75, 3.05) is 34.0 Å². The SMILES string of the molecule is CN(C)C(=O)C=Cc1cccc(CN2OC3C4OCOC4C4CC3(C(=O)NCCO)C2C(=O)O4)c1. The van der Waals surface area contributed by atoms with Crippen molar-refractivity contribution in [1.29, 1.82) is 0 Å². The Labute approximate surface area is 202 Å². The van der Waals surface area contributed by atoms with Crippen LogP contribution < -0.4 is 5.32 Å². The summed E-state index contributed by atoms with van der Waals surface area (Å²) in [7, 11) is 3.36. The lowest BCUT2D eigenvalue weighted by Gasteiger charge is -2.48. The van der Waals surface area contributed by atoms with Gasteiger partial charge in [0.25, 0.3) is 0 Å². The maximum absolute atomic E-state index is 13.5. The third-order valence-corrected chi connectivity index (χ3v) is 7.04. The van der Waals surface area contributed by atoms with E-state index in [-0.39, 0.29) is 44.7 Å². The lowest BCUT2D eigenvalue weighted by Crippen LogP contribution is -2.69. The summed E-state index contributed by atoms with van der Waals surface area (Å²) in [6.07, 6.45) is 0.996. The van der Waals surface area contributed by atoms with Crippen molar-refractivity contribution >= 4 is 23.9 Å². The van der Waals surface area contributed by atoms with Crippen LogP contribution in [0.2, 0.25) is 0 Å². The van der Waals surface area contributed by atoms with Crippen LogP contribution in [0, 0.1) is 5.41 Å². The van der Waals surface area contributed by atoms with E-state index in [1.807, 2.05) is 24.3 Å². The van der Waals surface area contributed by atoms with Crippen molar-refractivity contribution < 1.29 is 38.5 Å². The normalized spacial score (nSPS) is 33.5. The Bertz CT molecular complexity index is 1050. The Kier molecular flexibility index (Phi) is 6.36. The third-order valence-electron chi connectivity index (χ3n) is 7.04. The number of benzene rings is 1.